The molecule has 0 fully saturated rings. The molecule has 0 saturated heterocycles. The second kappa shape index (κ2) is 3.92. The Balaban J connectivity index is 2.63. The van der Waals surface area contributed by atoms with Crippen molar-refractivity contribution in [3.05, 3.63) is 0 Å². The molecule has 0 aliphatic carbocycles. The molecule has 0 spiro atoms. The summed E-state index contributed by atoms with van der Waals surface area (Å²) in [6, 6.07) is 0. The van der Waals surface area contributed by atoms with E-state index in [2.05, 4.69) is 9.30 Å². The van der Waals surface area contributed by atoms with Gasteiger partial charge in [0.15, 0.2) is 0 Å². The quantitative estimate of drug-likeness (QED) is 0.426. The van der Waals surface area contributed by atoms with Crippen LogP contribution in [0.3, 0.4) is 0 Å². The molecule has 0 aromatic heterocycles. The first-order chi connectivity index (χ1) is 2.77. The highest BCUT2D eigenvalue weighted by Gasteiger charge is 2.02. The van der Waals surface area contributed by atoms with Gasteiger partial charge in [0.25, 0.3) is 0 Å². The van der Waals surface area contributed by atoms with Gasteiger partial charge >= 0.3 is 13.4 Å². The molecule has 0 bridgehead atoms. The first-order valence-electron chi connectivity index (χ1n) is 1.70. The molecule has 36 valence electrons. The van der Waals surface area contributed by atoms with Crippen molar-refractivity contribution in [3.8, 4) is 0 Å². The van der Waals surface area contributed by atoms with Gasteiger partial charge in [0, 0.05) is 0 Å². The highest BCUT2D eigenvalue weighted by molar-refractivity contribution is 7.04. The largest absolute Gasteiger partial charge is 0.522 e. The molecule has 0 amide bonds. The van der Waals surface area contributed by atoms with Crippen molar-refractivity contribution in [2.45, 2.75) is 5.79 Å². The van der Waals surface area contributed by atoms with Crippen molar-refractivity contribution < 1.29 is 4.84 Å². The Morgan fingerprint density at radius 2 is 2.33 bits per heavy atom. The summed E-state index contributed by atoms with van der Waals surface area (Å²) in [6.45, 7) is 0. The van der Waals surface area contributed by atoms with Gasteiger partial charge in [-0.3, -0.25) is 4.46 Å². The molecule has 0 unspecified atom stereocenters. The topological polar surface area (TPSA) is 21.3 Å². The van der Waals surface area contributed by atoms with Crippen LogP contribution in [-0.4, -0.2) is 20.6 Å². The molecule has 0 aliphatic heterocycles. The SMILES string of the molecule is CO[NH][Al]([CH3])[Cl]. The number of hydrogen-bond acceptors (Lipinski definition) is 2. The standard InChI is InChI=1S/CH4NO.CH3.Al.ClH/c1-3-2;;;/h2H,1H3;1H3;;1H/q-1;;+2;/p-1. The third-order valence-electron chi connectivity index (χ3n) is 0.280. The summed E-state index contributed by atoms with van der Waals surface area (Å²) in [5.41, 5.74) is 0. The summed E-state index contributed by atoms with van der Waals surface area (Å²) in [6.07, 6.45) is 0. The van der Waals surface area contributed by atoms with Gasteiger partial charge in [-0.1, -0.05) is 5.79 Å². The molecule has 0 rings (SSSR count). The molecule has 0 heterocycles. The van der Waals surface area contributed by atoms with Gasteiger partial charge < -0.3 is 4.84 Å². The van der Waals surface area contributed by atoms with Crippen LogP contribution in [0.2, 0.25) is 5.79 Å². The van der Waals surface area contributed by atoms with Crippen molar-refractivity contribution in [3.63, 3.8) is 0 Å². The Hall–Kier alpha value is 0.742. The van der Waals surface area contributed by atoms with E-state index >= 15 is 0 Å². The Bertz CT molecular complexity index is 34.7. The second-order valence-electron chi connectivity index (χ2n) is 0.938. The maximum atomic E-state index is 5.48. The van der Waals surface area contributed by atoms with Gasteiger partial charge in [0.2, 0.25) is 0 Å². The van der Waals surface area contributed by atoms with E-state index in [1.54, 1.807) is 7.11 Å². The van der Waals surface area contributed by atoms with Crippen LogP contribution >= 0.6 is 10.0 Å². The van der Waals surface area contributed by atoms with Crippen LogP contribution in [0, 0.1) is 0 Å². The fourth-order valence-corrected chi connectivity index (χ4v) is 0.754. The summed E-state index contributed by atoms with van der Waals surface area (Å²) in [7, 11) is 7.04. The number of hydrogen-bond donors (Lipinski definition) is 1. The molecule has 0 radical (unpaired) electrons. The monoisotopic (exact) mass is 123 g/mol. The zero-order chi connectivity index (χ0) is 4.99. The molecule has 0 aromatic carbocycles. The summed E-state index contributed by atoms with van der Waals surface area (Å²) >= 11 is -1.17. The lowest BCUT2D eigenvalue weighted by atomic mass is 11.7. The molecular formula is C2H7AlClNO. The molecule has 1 N–H and O–H groups in total. The summed E-state index contributed by atoms with van der Waals surface area (Å²) < 4.78 is 2.61. The average molecular weight is 124 g/mol. The second-order valence-corrected chi connectivity index (χ2v) is 4.37. The van der Waals surface area contributed by atoms with E-state index in [9.17, 15) is 0 Å². The van der Waals surface area contributed by atoms with Gasteiger partial charge in [-0.15, -0.1) is 0 Å². The van der Waals surface area contributed by atoms with E-state index in [4.69, 9.17) is 10.0 Å². The summed E-state index contributed by atoms with van der Waals surface area (Å²) in [5, 5.41) is 0. The smallest absolute Gasteiger partial charge is 0.326 e. The third kappa shape index (κ3) is 4.74. The van der Waals surface area contributed by atoms with Gasteiger partial charge in [-0.05, 0) is 0 Å². The first kappa shape index (κ1) is 6.74. The number of halogens is 1. The molecule has 0 aromatic rings. The van der Waals surface area contributed by atoms with Crippen LogP contribution in [0.1, 0.15) is 0 Å². The van der Waals surface area contributed by atoms with Crippen LogP contribution in [0.4, 0.5) is 0 Å². The Morgan fingerprint density at radius 1 is 1.83 bits per heavy atom. The minimum atomic E-state index is -1.17. The molecule has 0 aliphatic rings. The van der Waals surface area contributed by atoms with Crippen molar-refractivity contribution in [1.29, 1.82) is 0 Å². The summed E-state index contributed by atoms with van der Waals surface area (Å²) in [5.74, 6) is 1.92. The molecule has 0 saturated carbocycles. The predicted octanol–water partition coefficient (Wildman–Crippen LogP) is 0.494. The average Bonchev–Trinajstić information content (AvgIpc) is 1.35. The van der Waals surface area contributed by atoms with E-state index in [1.807, 2.05) is 5.79 Å². The minimum Gasteiger partial charge on any atom is -0.326 e. The normalized spacial score (nSPS) is 8.50. The predicted molar refractivity (Wildman–Crippen MR) is 27.6 cm³/mol. The Labute approximate surface area is 46.2 Å². The lowest BCUT2D eigenvalue weighted by molar-refractivity contribution is 0.152. The van der Waals surface area contributed by atoms with Gasteiger partial charge in [-0.25, -0.2) is 10.0 Å². The fraction of sp³-hybridized carbons (Fsp3) is 1.00. The van der Waals surface area contributed by atoms with Crippen molar-refractivity contribution >= 4 is 23.5 Å². The highest BCUT2D eigenvalue weighted by Crippen LogP contribution is 1.77. The van der Waals surface area contributed by atoms with Crippen LogP contribution < -0.4 is 4.46 Å². The maximum Gasteiger partial charge on any atom is 0.522 e. The number of rotatable bonds is 2. The van der Waals surface area contributed by atoms with Crippen LogP contribution in [0.15, 0.2) is 0 Å². The molecular weight excluding hydrogens is 116 g/mol. The van der Waals surface area contributed by atoms with E-state index < -0.39 is 13.4 Å². The fourth-order valence-electron chi connectivity index (χ4n) is 0.162. The van der Waals surface area contributed by atoms with Crippen LogP contribution in [0.25, 0.3) is 0 Å². The van der Waals surface area contributed by atoms with Crippen molar-refractivity contribution in [1.82, 2.24) is 4.46 Å². The zero-order valence-corrected chi connectivity index (χ0v) is 5.77. The summed E-state index contributed by atoms with van der Waals surface area (Å²) in [4.78, 5) is 4.48. The minimum absolute atomic E-state index is 1.17. The van der Waals surface area contributed by atoms with Crippen LogP contribution in [-0.2, 0) is 4.84 Å². The van der Waals surface area contributed by atoms with E-state index in [-0.39, 0.29) is 0 Å². The Kier molecular flexibility index (Phi) is 4.40. The molecule has 4 heteroatoms. The van der Waals surface area contributed by atoms with Crippen molar-refractivity contribution in [2.75, 3.05) is 7.11 Å². The van der Waals surface area contributed by atoms with Gasteiger partial charge in [0.1, 0.15) is 0 Å². The highest BCUT2D eigenvalue weighted by atomic mass is 35.6. The van der Waals surface area contributed by atoms with E-state index in [1.165, 1.54) is 0 Å². The van der Waals surface area contributed by atoms with E-state index in [0.717, 1.165) is 0 Å². The molecule has 6 heavy (non-hydrogen) atoms. The Morgan fingerprint density at radius 3 is 2.33 bits per heavy atom. The number of nitrogens with one attached hydrogen (secondary N) is 1. The lowest BCUT2D eigenvalue weighted by Crippen LogP contribution is -2.23. The van der Waals surface area contributed by atoms with Gasteiger partial charge in [-0.2, -0.15) is 0 Å². The molecule has 2 nitrogen and oxygen atoms in total. The van der Waals surface area contributed by atoms with Crippen LogP contribution in [0.5, 0.6) is 0 Å². The lowest BCUT2D eigenvalue weighted by Gasteiger charge is -1.93. The third-order valence-corrected chi connectivity index (χ3v) is 1.11. The zero-order valence-electron chi connectivity index (χ0n) is 3.86. The first-order valence-corrected chi connectivity index (χ1v) is 5.17. The molecule has 0 atom stereocenters. The van der Waals surface area contributed by atoms with Crippen molar-refractivity contribution in [2.24, 2.45) is 0 Å². The maximum absolute atomic E-state index is 5.48. The van der Waals surface area contributed by atoms with Gasteiger partial charge in [0.05, 0.1) is 7.11 Å². The van der Waals surface area contributed by atoms with E-state index in [0.29, 0.717) is 0 Å².